The molecule has 0 atom stereocenters. The number of halogens is 2. The summed E-state index contributed by atoms with van der Waals surface area (Å²) < 4.78 is 18.7. The number of carbonyl (C=O) groups excluding carboxylic acids is 1. The van der Waals surface area contributed by atoms with Crippen LogP contribution in [0.4, 0.5) is 4.39 Å². The van der Waals surface area contributed by atoms with Crippen molar-refractivity contribution >= 4 is 23.6 Å². The number of rotatable bonds is 5. The molecule has 0 saturated heterocycles. The summed E-state index contributed by atoms with van der Waals surface area (Å²) in [6.45, 7) is 0. The quantitative estimate of drug-likeness (QED) is 0.666. The molecule has 4 nitrogen and oxygen atoms in total. The Hall–Kier alpha value is -2.84. The smallest absolute Gasteiger partial charge is 0.259 e. The normalized spacial score (nSPS) is 11.0. The fourth-order valence-corrected chi connectivity index (χ4v) is 2.53. The van der Waals surface area contributed by atoms with Gasteiger partial charge >= 0.3 is 0 Å². The molecule has 0 radical (unpaired) electrons. The van der Waals surface area contributed by atoms with Gasteiger partial charge in [-0.25, -0.2) is 4.39 Å². The first-order valence-electron chi connectivity index (χ1n) is 6.97. The number of nitrogens with two attached hydrogens (primary N) is 1. The molecule has 122 valence electrons. The first-order valence-corrected chi connectivity index (χ1v) is 7.35. The van der Waals surface area contributed by atoms with E-state index in [1.54, 1.807) is 30.3 Å². The Morgan fingerprint density at radius 1 is 1.42 bits per heavy atom. The highest BCUT2D eigenvalue weighted by molar-refractivity contribution is 6.31. The van der Waals surface area contributed by atoms with E-state index in [4.69, 9.17) is 27.3 Å². The number of nitrogens with zero attached hydrogens (tertiary/aromatic N) is 1. The SMILES string of the molecule is COc1cc(/C=C(\C#N)C(N)=O)cc(Cl)c1Cc1cccc(F)c1. The Bertz CT molecular complexity index is 857. The second-order valence-electron chi connectivity index (χ2n) is 5.02. The fourth-order valence-electron chi connectivity index (χ4n) is 2.24. The van der Waals surface area contributed by atoms with Crippen LogP contribution in [0.5, 0.6) is 5.75 Å². The van der Waals surface area contributed by atoms with Gasteiger partial charge in [0.15, 0.2) is 0 Å². The van der Waals surface area contributed by atoms with Crippen LogP contribution >= 0.6 is 11.6 Å². The zero-order valence-corrected chi connectivity index (χ0v) is 13.6. The summed E-state index contributed by atoms with van der Waals surface area (Å²) in [5.41, 5.74) is 6.86. The zero-order valence-electron chi connectivity index (χ0n) is 12.8. The highest BCUT2D eigenvalue weighted by Gasteiger charge is 2.12. The Kier molecular flexibility index (Phi) is 5.56. The third-order valence-corrected chi connectivity index (χ3v) is 3.70. The number of primary amides is 1. The second-order valence-corrected chi connectivity index (χ2v) is 5.43. The molecule has 0 spiro atoms. The van der Waals surface area contributed by atoms with Crippen molar-refractivity contribution in [2.45, 2.75) is 6.42 Å². The van der Waals surface area contributed by atoms with Crippen LogP contribution in [0.3, 0.4) is 0 Å². The highest BCUT2D eigenvalue weighted by Crippen LogP contribution is 2.31. The predicted molar refractivity (Wildman–Crippen MR) is 90.0 cm³/mol. The summed E-state index contributed by atoms with van der Waals surface area (Å²) in [4.78, 5) is 11.1. The molecule has 0 aromatic heterocycles. The summed E-state index contributed by atoms with van der Waals surface area (Å²) in [6, 6.07) is 11.2. The molecule has 0 bridgehead atoms. The molecule has 0 saturated carbocycles. The Labute approximate surface area is 143 Å². The Morgan fingerprint density at radius 2 is 2.17 bits per heavy atom. The first kappa shape index (κ1) is 17.5. The number of ether oxygens (including phenoxy) is 1. The summed E-state index contributed by atoms with van der Waals surface area (Å²) in [7, 11) is 1.48. The Balaban J connectivity index is 2.45. The highest BCUT2D eigenvalue weighted by atomic mass is 35.5. The monoisotopic (exact) mass is 344 g/mol. The van der Waals surface area contributed by atoms with Gasteiger partial charge in [-0.3, -0.25) is 4.79 Å². The molecule has 2 aromatic carbocycles. The molecular formula is C18H14ClFN2O2. The van der Waals surface area contributed by atoms with Gasteiger partial charge in [0.05, 0.1) is 7.11 Å². The maximum Gasteiger partial charge on any atom is 0.259 e. The lowest BCUT2D eigenvalue weighted by Gasteiger charge is -2.12. The molecule has 24 heavy (non-hydrogen) atoms. The van der Waals surface area contributed by atoms with Crippen LogP contribution < -0.4 is 10.5 Å². The van der Waals surface area contributed by atoms with Crippen molar-refractivity contribution < 1.29 is 13.9 Å². The van der Waals surface area contributed by atoms with E-state index in [2.05, 4.69) is 0 Å². The minimum absolute atomic E-state index is 0.189. The first-order chi connectivity index (χ1) is 11.4. The molecule has 6 heteroatoms. The fraction of sp³-hybridized carbons (Fsp3) is 0.111. The maximum absolute atomic E-state index is 13.3. The molecule has 0 unspecified atom stereocenters. The molecule has 0 heterocycles. The van der Waals surface area contributed by atoms with E-state index in [9.17, 15) is 9.18 Å². The Morgan fingerprint density at radius 3 is 2.75 bits per heavy atom. The lowest BCUT2D eigenvalue weighted by molar-refractivity contribution is -0.114. The van der Waals surface area contributed by atoms with Gasteiger partial charge < -0.3 is 10.5 Å². The molecular weight excluding hydrogens is 331 g/mol. The van der Waals surface area contributed by atoms with Gasteiger partial charge in [0, 0.05) is 17.0 Å². The molecule has 0 fully saturated rings. The van der Waals surface area contributed by atoms with E-state index in [0.717, 1.165) is 5.56 Å². The van der Waals surface area contributed by atoms with Crippen LogP contribution in [-0.4, -0.2) is 13.0 Å². The lowest BCUT2D eigenvalue weighted by atomic mass is 10.0. The number of benzene rings is 2. The van der Waals surface area contributed by atoms with Crippen molar-refractivity contribution in [1.29, 1.82) is 5.26 Å². The van der Waals surface area contributed by atoms with Gasteiger partial charge in [-0.2, -0.15) is 5.26 Å². The van der Waals surface area contributed by atoms with E-state index >= 15 is 0 Å². The van der Waals surface area contributed by atoms with Crippen molar-refractivity contribution in [2.24, 2.45) is 5.73 Å². The largest absolute Gasteiger partial charge is 0.496 e. The van der Waals surface area contributed by atoms with Gasteiger partial charge in [0.2, 0.25) is 0 Å². The van der Waals surface area contributed by atoms with Crippen molar-refractivity contribution in [2.75, 3.05) is 7.11 Å². The summed E-state index contributed by atoms with van der Waals surface area (Å²) in [5.74, 6) is -0.682. The maximum atomic E-state index is 13.3. The number of amides is 1. The topological polar surface area (TPSA) is 76.1 Å². The van der Waals surface area contributed by atoms with E-state index < -0.39 is 5.91 Å². The number of hydrogen-bond acceptors (Lipinski definition) is 3. The van der Waals surface area contributed by atoms with Gasteiger partial charge in [0.25, 0.3) is 5.91 Å². The molecule has 2 rings (SSSR count). The van der Waals surface area contributed by atoms with Gasteiger partial charge in [-0.1, -0.05) is 23.7 Å². The van der Waals surface area contributed by atoms with Gasteiger partial charge in [-0.05, 0) is 41.5 Å². The average Bonchev–Trinajstić information content (AvgIpc) is 2.54. The van der Waals surface area contributed by atoms with E-state index in [0.29, 0.717) is 28.3 Å². The summed E-state index contributed by atoms with van der Waals surface area (Å²) in [6.07, 6.45) is 1.72. The molecule has 0 aliphatic heterocycles. The van der Waals surface area contributed by atoms with Crippen LogP contribution in [0.2, 0.25) is 5.02 Å². The van der Waals surface area contributed by atoms with Crippen LogP contribution in [0.25, 0.3) is 6.08 Å². The van der Waals surface area contributed by atoms with E-state index in [1.807, 2.05) is 0 Å². The third-order valence-electron chi connectivity index (χ3n) is 3.36. The van der Waals surface area contributed by atoms with Crippen LogP contribution in [0.1, 0.15) is 16.7 Å². The van der Waals surface area contributed by atoms with Crippen molar-refractivity contribution in [3.8, 4) is 11.8 Å². The van der Waals surface area contributed by atoms with Crippen LogP contribution in [-0.2, 0) is 11.2 Å². The number of carbonyl (C=O) groups is 1. The zero-order chi connectivity index (χ0) is 17.7. The van der Waals surface area contributed by atoms with E-state index in [-0.39, 0.29) is 11.4 Å². The van der Waals surface area contributed by atoms with Crippen LogP contribution in [0.15, 0.2) is 42.0 Å². The summed E-state index contributed by atoms with van der Waals surface area (Å²) >= 11 is 6.31. The molecule has 2 N–H and O–H groups in total. The number of hydrogen-bond donors (Lipinski definition) is 1. The third kappa shape index (κ3) is 4.12. The summed E-state index contributed by atoms with van der Waals surface area (Å²) in [5, 5.41) is 9.29. The minimum Gasteiger partial charge on any atom is -0.496 e. The second kappa shape index (κ2) is 7.62. The molecule has 0 aliphatic rings. The van der Waals surface area contributed by atoms with Crippen LogP contribution in [0, 0.1) is 17.1 Å². The number of methoxy groups -OCH3 is 1. The molecule has 1 amide bonds. The van der Waals surface area contributed by atoms with E-state index in [1.165, 1.54) is 25.3 Å². The average molecular weight is 345 g/mol. The minimum atomic E-state index is -0.823. The molecule has 2 aromatic rings. The van der Waals surface area contributed by atoms with Gasteiger partial charge in [-0.15, -0.1) is 0 Å². The van der Waals surface area contributed by atoms with Gasteiger partial charge in [0.1, 0.15) is 23.2 Å². The standard InChI is InChI=1S/C18H14ClFN2O2/c1-24-17-9-12(5-13(10-21)18(22)23)8-16(19)15(17)7-11-3-2-4-14(20)6-11/h2-6,8-9H,7H2,1H3,(H2,22,23)/b13-5+. The molecule has 0 aliphatic carbocycles. The van der Waals surface area contributed by atoms with Crippen molar-refractivity contribution in [3.05, 3.63) is 69.5 Å². The van der Waals surface area contributed by atoms with Crippen molar-refractivity contribution in [3.63, 3.8) is 0 Å². The lowest BCUT2D eigenvalue weighted by Crippen LogP contribution is -2.12. The number of nitriles is 1. The predicted octanol–water partition coefficient (Wildman–Crippen LogP) is 3.47. The van der Waals surface area contributed by atoms with Crippen molar-refractivity contribution in [1.82, 2.24) is 0 Å².